The van der Waals surface area contributed by atoms with E-state index in [9.17, 15) is 9.90 Å². The second-order valence-electron chi connectivity index (χ2n) is 6.78. The van der Waals surface area contributed by atoms with Gasteiger partial charge in [-0.05, 0) is 74.3 Å². The van der Waals surface area contributed by atoms with E-state index in [0.717, 1.165) is 41.7 Å². The van der Waals surface area contributed by atoms with Crippen molar-refractivity contribution in [2.45, 2.75) is 38.4 Å². The lowest BCUT2D eigenvalue weighted by atomic mass is 10.0. The summed E-state index contributed by atoms with van der Waals surface area (Å²) in [5.41, 5.74) is 1.73. The second-order valence-corrected chi connectivity index (χ2v) is 7.70. The number of carboxylic acid groups (broad SMARTS) is 1. The molecule has 0 aliphatic carbocycles. The number of nitrogens with one attached hydrogen (secondary N) is 1. The highest BCUT2D eigenvalue weighted by Crippen LogP contribution is 2.27. The van der Waals surface area contributed by atoms with Crippen molar-refractivity contribution in [3.63, 3.8) is 0 Å². The molecule has 2 aromatic rings. The monoisotopic (exact) mass is 433 g/mol. The van der Waals surface area contributed by atoms with Crippen molar-refractivity contribution in [3.05, 3.63) is 58.1 Å². The molecule has 2 N–H and O–H groups in total. The normalized spacial score (nSPS) is 15.9. The van der Waals surface area contributed by atoms with Gasteiger partial charge in [0, 0.05) is 4.47 Å². The van der Waals surface area contributed by atoms with Crippen LogP contribution in [0.2, 0.25) is 0 Å². The molecule has 27 heavy (non-hydrogen) atoms. The van der Waals surface area contributed by atoms with Crippen LogP contribution in [-0.2, 0) is 11.4 Å². The molecule has 0 amide bonds. The molecule has 6 heteroatoms. The Hall–Kier alpha value is -2.05. The summed E-state index contributed by atoms with van der Waals surface area (Å²) < 4.78 is 12.7. The number of carboxylic acids is 1. The quantitative estimate of drug-likeness (QED) is 0.679. The molecule has 0 saturated carbocycles. The Morgan fingerprint density at radius 1 is 1.19 bits per heavy atom. The average molecular weight is 434 g/mol. The molecule has 2 aromatic carbocycles. The highest BCUT2D eigenvalue weighted by molar-refractivity contribution is 9.10. The van der Waals surface area contributed by atoms with E-state index in [4.69, 9.17) is 9.47 Å². The summed E-state index contributed by atoms with van der Waals surface area (Å²) in [7, 11) is 0. The molecule has 0 bridgehead atoms. The molecule has 1 unspecified atom stereocenters. The van der Waals surface area contributed by atoms with Gasteiger partial charge in [-0.15, -0.1) is 0 Å². The summed E-state index contributed by atoms with van der Waals surface area (Å²) >= 11 is 3.42. The lowest BCUT2D eigenvalue weighted by molar-refractivity contribution is -0.138. The van der Waals surface area contributed by atoms with Crippen molar-refractivity contribution in [1.29, 1.82) is 0 Å². The minimum absolute atomic E-state index is 0.282. The van der Waals surface area contributed by atoms with Gasteiger partial charge in [-0.3, -0.25) is 4.79 Å². The van der Waals surface area contributed by atoms with Crippen LogP contribution in [0.25, 0.3) is 0 Å². The fourth-order valence-corrected chi connectivity index (χ4v) is 3.49. The Bertz CT molecular complexity index is 772. The number of aliphatic carboxylic acids is 1. The highest BCUT2D eigenvalue weighted by Gasteiger charge is 2.16. The SMILES string of the molecule is CC(C(=O)O)c1cc(Br)cc(OCc2ccc(OC3CCNCC3)cc2)c1. The molecule has 3 rings (SSSR count). The average Bonchev–Trinajstić information content (AvgIpc) is 2.67. The smallest absolute Gasteiger partial charge is 0.310 e. The molecule has 5 nitrogen and oxygen atoms in total. The van der Waals surface area contributed by atoms with Crippen molar-refractivity contribution in [2.75, 3.05) is 13.1 Å². The van der Waals surface area contributed by atoms with Crippen LogP contribution in [0.4, 0.5) is 0 Å². The van der Waals surface area contributed by atoms with Crippen molar-refractivity contribution >= 4 is 21.9 Å². The topological polar surface area (TPSA) is 67.8 Å². The number of carbonyl (C=O) groups is 1. The van der Waals surface area contributed by atoms with Gasteiger partial charge in [0.05, 0.1) is 5.92 Å². The third-order valence-corrected chi connectivity index (χ3v) is 5.14. The van der Waals surface area contributed by atoms with Crippen molar-refractivity contribution in [3.8, 4) is 11.5 Å². The molecule has 0 aromatic heterocycles. The maximum Gasteiger partial charge on any atom is 0.310 e. The van der Waals surface area contributed by atoms with Gasteiger partial charge in [0.2, 0.25) is 0 Å². The first-order valence-electron chi connectivity index (χ1n) is 9.13. The number of benzene rings is 2. The first-order valence-corrected chi connectivity index (χ1v) is 9.93. The van der Waals surface area contributed by atoms with Gasteiger partial charge in [-0.25, -0.2) is 0 Å². The summed E-state index contributed by atoms with van der Waals surface area (Å²) in [6.07, 6.45) is 2.35. The van der Waals surface area contributed by atoms with E-state index in [1.807, 2.05) is 30.3 Å². The van der Waals surface area contributed by atoms with Crippen LogP contribution in [0.5, 0.6) is 11.5 Å². The Morgan fingerprint density at radius 2 is 1.89 bits per heavy atom. The fourth-order valence-electron chi connectivity index (χ4n) is 3.00. The van der Waals surface area contributed by atoms with Gasteiger partial charge >= 0.3 is 5.97 Å². The van der Waals surface area contributed by atoms with Gasteiger partial charge < -0.3 is 19.9 Å². The fraction of sp³-hybridized carbons (Fsp3) is 0.381. The van der Waals surface area contributed by atoms with Crippen LogP contribution in [0.1, 0.15) is 36.8 Å². The van der Waals surface area contributed by atoms with Gasteiger partial charge in [0.1, 0.15) is 24.2 Å². The zero-order valence-corrected chi connectivity index (χ0v) is 16.9. The minimum atomic E-state index is -0.858. The predicted octanol–water partition coefficient (Wildman–Crippen LogP) is 4.35. The van der Waals surface area contributed by atoms with Crippen LogP contribution >= 0.6 is 15.9 Å². The summed E-state index contributed by atoms with van der Waals surface area (Å²) in [5, 5.41) is 12.5. The third-order valence-electron chi connectivity index (χ3n) is 4.68. The Kier molecular flexibility index (Phi) is 6.74. The number of hydrogen-bond donors (Lipinski definition) is 2. The first-order chi connectivity index (χ1) is 13.0. The van der Waals surface area contributed by atoms with Crippen LogP contribution < -0.4 is 14.8 Å². The van der Waals surface area contributed by atoms with E-state index in [1.54, 1.807) is 19.1 Å². The largest absolute Gasteiger partial charge is 0.490 e. The van der Waals surface area contributed by atoms with Crippen molar-refractivity contribution < 1.29 is 19.4 Å². The molecular formula is C21H24BrNO4. The van der Waals surface area contributed by atoms with E-state index in [1.165, 1.54) is 0 Å². The molecular weight excluding hydrogens is 410 g/mol. The Labute approximate surface area is 167 Å². The van der Waals surface area contributed by atoms with Gasteiger partial charge in [-0.2, -0.15) is 0 Å². The zero-order valence-electron chi connectivity index (χ0n) is 15.3. The van der Waals surface area contributed by atoms with E-state index < -0.39 is 11.9 Å². The maximum absolute atomic E-state index is 11.2. The number of ether oxygens (including phenoxy) is 2. The lowest BCUT2D eigenvalue weighted by Crippen LogP contribution is -2.34. The van der Waals surface area contributed by atoms with E-state index in [0.29, 0.717) is 17.9 Å². The lowest BCUT2D eigenvalue weighted by Gasteiger charge is -2.23. The Balaban J connectivity index is 1.59. The highest BCUT2D eigenvalue weighted by atomic mass is 79.9. The Morgan fingerprint density at radius 3 is 2.56 bits per heavy atom. The van der Waals surface area contributed by atoms with E-state index >= 15 is 0 Å². The van der Waals surface area contributed by atoms with Gasteiger partial charge in [0.15, 0.2) is 0 Å². The number of hydrogen-bond acceptors (Lipinski definition) is 4. The molecule has 0 radical (unpaired) electrons. The van der Waals surface area contributed by atoms with Crippen molar-refractivity contribution in [2.24, 2.45) is 0 Å². The summed E-state index contributed by atoms with van der Waals surface area (Å²) in [5.74, 6) is 0.0767. The molecule has 144 valence electrons. The molecule has 1 aliphatic heterocycles. The van der Waals surface area contributed by atoms with Crippen LogP contribution in [-0.4, -0.2) is 30.3 Å². The van der Waals surface area contributed by atoms with Crippen LogP contribution in [0.15, 0.2) is 46.9 Å². The zero-order chi connectivity index (χ0) is 19.2. The third kappa shape index (κ3) is 5.71. The minimum Gasteiger partial charge on any atom is -0.490 e. The number of piperidine rings is 1. The molecule has 1 aliphatic rings. The molecule has 1 fully saturated rings. The molecule has 1 heterocycles. The van der Waals surface area contributed by atoms with Crippen molar-refractivity contribution in [1.82, 2.24) is 5.32 Å². The van der Waals surface area contributed by atoms with E-state index in [-0.39, 0.29) is 6.10 Å². The van der Waals surface area contributed by atoms with Crippen LogP contribution in [0.3, 0.4) is 0 Å². The summed E-state index contributed by atoms with van der Waals surface area (Å²) in [4.78, 5) is 11.2. The van der Waals surface area contributed by atoms with E-state index in [2.05, 4.69) is 21.2 Å². The number of rotatable bonds is 7. The van der Waals surface area contributed by atoms with Gasteiger partial charge in [0.25, 0.3) is 0 Å². The summed E-state index contributed by atoms with van der Waals surface area (Å²) in [6.45, 7) is 4.08. The molecule has 0 spiro atoms. The predicted molar refractivity (Wildman–Crippen MR) is 107 cm³/mol. The second kappa shape index (κ2) is 9.24. The standard InChI is InChI=1S/C21H24BrNO4/c1-14(21(24)25)16-10-17(22)12-20(11-16)26-13-15-2-4-18(5-3-15)27-19-6-8-23-9-7-19/h2-5,10-12,14,19,23H,6-9,13H2,1H3,(H,24,25). The summed E-state index contributed by atoms with van der Waals surface area (Å²) in [6, 6.07) is 13.4. The van der Waals surface area contributed by atoms with Gasteiger partial charge in [-0.1, -0.05) is 28.1 Å². The maximum atomic E-state index is 11.2. The van der Waals surface area contributed by atoms with Crippen LogP contribution in [0, 0.1) is 0 Å². The number of halogens is 1. The first kappa shape index (κ1) is 19.7. The molecule has 1 atom stereocenters. The molecule has 1 saturated heterocycles.